The molecule has 0 aliphatic heterocycles. The molecule has 2 unspecified atom stereocenters. The number of methoxy groups -OCH3 is 1. The minimum Gasteiger partial charge on any atom is -0.466 e. The molecular formula is C31H64NO5+. The molecule has 0 aliphatic rings. The molecule has 0 aromatic carbocycles. The number of hydrogen-bond acceptors (Lipinski definition) is 5. The van der Waals surface area contributed by atoms with Crippen LogP contribution in [-0.4, -0.2) is 81.9 Å². The van der Waals surface area contributed by atoms with Crippen LogP contribution in [0.25, 0.3) is 0 Å². The van der Waals surface area contributed by atoms with Crippen molar-refractivity contribution < 1.29 is 28.6 Å². The van der Waals surface area contributed by atoms with Crippen molar-refractivity contribution in [1.82, 2.24) is 0 Å². The largest absolute Gasteiger partial charge is 0.466 e. The van der Waals surface area contributed by atoms with Crippen LogP contribution in [0.4, 0.5) is 0 Å². The molecule has 6 heteroatoms. The van der Waals surface area contributed by atoms with Crippen molar-refractivity contribution >= 4 is 5.97 Å². The van der Waals surface area contributed by atoms with E-state index in [0.717, 1.165) is 43.3 Å². The van der Waals surface area contributed by atoms with Gasteiger partial charge < -0.3 is 23.8 Å². The van der Waals surface area contributed by atoms with E-state index in [-0.39, 0.29) is 24.8 Å². The number of nitrogens with zero attached hydrogens (tertiary/aromatic N) is 1. The van der Waals surface area contributed by atoms with E-state index in [1.165, 1.54) is 83.5 Å². The molecule has 6 nitrogen and oxygen atoms in total. The second-order valence-electron chi connectivity index (χ2n) is 11.5. The summed E-state index contributed by atoms with van der Waals surface area (Å²) >= 11 is 0. The normalized spacial score (nSPS) is 13.6. The first-order valence-electron chi connectivity index (χ1n) is 15.6. The fourth-order valence-corrected chi connectivity index (χ4v) is 4.71. The van der Waals surface area contributed by atoms with Crippen molar-refractivity contribution in [3.63, 3.8) is 0 Å². The molecule has 0 amide bonds. The molecule has 0 radical (unpaired) electrons. The number of rotatable bonds is 28. The number of quaternary nitrogens is 1. The minimum absolute atomic E-state index is 0.0772. The Labute approximate surface area is 230 Å². The molecule has 0 aromatic rings. The molecule has 1 N–H and O–H groups in total. The van der Waals surface area contributed by atoms with Crippen LogP contribution in [0.3, 0.4) is 0 Å². The first-order chi connectivity index (χ1) is 17.9. The number of aliphatic hydroxyl groups is 1. The van der Waals surface area contributed by atoms with Crippen LogP contribution in [0.2, 0.25) is 0 Å². The van der Waals surface area contributed by atoms with E-state index < -0.39 is 0 Å². The summed E-state index contributed by atoms with van der Waals surface area (Å²) < 4.78 is 17.8. The summed E-state index contributed by atoms with van der Waals surface area (Å²) in [4.78, 5) is 12.0. The van der Waals surface area contributed by atoms with Crippen LogP contribution in [0.15, 0.2) is 0 Å². The van der Waals surface area contributed by atoms with Crippen LogP contribution in [0.5, 0.6) is 0 Å². The smallest absolute Gasteiger partial charge is 0.305 e. The zero-order chi connectivity index (χ0) is 27.6. The van der Waals surface area contributed by atoms with Crippen molar-refractivity contribution in [2.24, 2.45) is 0 Å². The molecule has 222 valence electrons. The third-order valence-electron chi connectivity index (χ3n) is 7.47. The van der Waals surface area contributed by atoms with E-state index in [1.807, 2.05) is 0 Å². The van der Waals surface area contributed by atoms with E-state index in [2.05, 4.69) is 27.9 Å². The van der Waals surface area contributed by atoms with Gasteiger partial charge in [-0.2, -0.15) is 0 Å². The first-order valence-corrected chi connectivity index (χ1v) is 15.6. The maximum atomic E-state index is 12.0. The fourth-order valence-electron chi connectivity index (χ4n) is 4.71. The Kier molecular flexibility index (Phi) is 25.1. The average Bonchev–Trinajstić information content (AvgIpc) is 2.87. The Morgan fingerprint density at radius 1 is 0.757 bits per heavy atom. The van der Waals surface area contributed by atoms with Gasteiger partial charge >= 0.3 is 5.97 Å². The molecule has 0 aliphatic carbocycles. The molecule has 0 saturated carbocycles. The second-order valence-corrected chi connectivity index (χ2v) is 11.5. The zero-order valence-corrected chi connectivity index (χ0v) is 25.4. The van der Waals surface area contributed by atoms with Gasteiger partial charge in [0.15, 0.2) is 0 Å². The molecule has 0 saturated heterocycles. The van der Waals surface area contributed by atoms with Crippen LogP contribution < -0.4 is 0 Å². The lowest BCUT2D eigenvalue weighted by Gasteiger charge is -2.28. The molecule has 0 rings (SSSR count). The summed E-state index contributed by atoms with van der Waals surface area (Å²) in [6, 6.07) is 0. The molecule has 2 atom stereocenters. The standard InChI is InChI=1S/C31H64NO5/c1-6-7-8-9-10-11-12-13-14-15-16-17-18-22-30(29(2)35-5)36-27-21-28-37-31(34)23-19-20-24-32(3,4)25-26-33/h29-30,33H,6-28H2,1-5H3/q+1. The highest BCUT2D eigenvalue weighted by Gasteiger charge is 2.17. The highest BCUT2D eigenvalue weighted by Crippen LogP contribution is 2.16. The summed E-state index contributed by atoms with van der Waals surface area (Å²) in [5, 5.41) is 9.09. The van der Waals surface area contributed by atoms with E-state index in [0.29, 0.717) is 19.6 Å². The lowest BCUT2D eigenvalue weighted by molar-refractivity contribution is -0.890. The molecule has 37 heavy (non-hydrogen) atoms. The van der Waals surface area contributed by atoms with Gasteiger partial charge in [-0.15, -0.1) is 0 Å². The number of esters is 1. The second kappa shape index (κ2) is 25.6. The van der Waals surface area contributed by atoms with Gasteiger partial charge in [0.1, 0.15) is 6.54 Å². The van der Waals surface area contributed by atoms with Gasteiger partial charge in [0.05, 0.1) is 52.7 Å². The number of unbranched alkanes of at least 4 members (excludes halogenated alkanes) is 13. The lowest BCUT2D eigenvalue weighted by atomic mass is 10.0. The number of ether oxygens (including phenoxy) is 3. The van der Waals surface area contributed by atoms with Crippen molar-refractivity contribution in [3.05, 3.63) is 0 Å². The SMILES string of the molecule is CCCCCCCCCCCCCCCC(OCCCOC(=O)CCCC[N+](C)(C)CCO)C(C)OC. The van der Waals surface area contributed by atoms with Crippen molar-refractivity contribution in [1.29, 1.82) is 0 Å². The van der Waals surface area contributed by atoms with Gasteiger partial charge in [-0.1, -0.05) is 90.4 Å². The van der Waals surface area contributed by atoms with Crippen molar-refractivity contribution in [2.45, 2.75) is 142 Å². The van der Waals surface area contributed by atoms with E-state index in [4.69, 9.17) is 19.3 Å². The molecule has 0 fully saturated rings. The predicted octanol–water partition coefficient (Wildman–Crippen LogP) is 7.06. The highest BCUT2D eigenvalue weighted by molar-refractivity contribution is 5.69. The minimum atomic E-state index is -0.124. The summed E-state index contributed by atoms with van der Waals surface area (Å²) in [7, 11) is 5.95. The lowest BCUT2D eigenvalue weighted by Crippen LogP contribution is -2.42. The van der Waals surface area contributed by atoms with E-state index in [1.54, 1.807) is 7.11 Å². The number of carbonyl (C=O) groups excluding carboxylic acids is 1. The number of likely N-dealkylation sites (N-methyl/N-ethyl adjacent to an activating group) is 1. The zero-order valence-electron chi connectivity index (χ0n) is 25.4. The van der Waals surface area contributed by atoms with Crippen molar-refractivity contribution in [3.8, 4) is 0 Å². The Morgan fingerprint density at radius 2 is 1.32 bits per heavy atom. The Hall–Kier alpha value is -0.690. The predicted molar refractivity (Wildman–Crippen MR) is 155 cm³/mol. The van der Waals surface area contributed by atoms with Gasteiger partial charge in [0, 0.05) is 20.0 Å². The van der Waals surface area contributed by atoms with Gasteiger partial charge in [-0.05, 0) is 26.2 Å². The van der Waals surface area contributed by atoms with Crippen LogP contribution in [-0.2, 0) is 19.0 Å². The third-order valence-corrected chi connectivity index (χ3v) is 7.47. The Bertz CT molecular complexity index is 500. The maximum absolute atomic E-state index is 12.0. The molecule has 0 aromatic heterocycles. The van der Waals surface area contributed by atoms with Crippen LogP contribution >= 0.6 is 0 Å². The van der Waals surface area contributed by atoms with Gasteiger partial charge in [0.25, 0.3) is 0 Å². The highest BCUT2D eigenvalue weighted by atomic mass is 16.5. The summed E-state index contributed by atoms with van der Waals surface area (Å²) in [5.74, 6) is -0.124. The van der Waals surface area contributed by atoms with E-state index >= 15 is 0 Å². The van der Waals surface area contributed by atoms with Crippen LogP contribution in [0, 0.1) is 0 Å². The summed E-state index contributed by atoms with van der Waals surface area (Å²) in [6.07, 6.45) is 21.9. The first kappa shape index (κ1) is 36.3. The van der Waals surface area contributed by atoms with Crippen molar-refractivity contribution in [2.75, 3.05) is 54.1 Å². The number of carbonyl (C=O) groups is 1. The third kappa shape index (κ3) is 24.1. The molecule has 0 bridgehead atoms. The van der Waals surface area contributed by atoms with E-state index in [9.17, 15) is 4.79 Å². The monoisotopic (exact) mass is 530 g/mol. The number of hydrogen-bond donors (Lipinski definition) is 1. The van der Waals surface area contributed by atoms with Gasteiger partial charge in [-0.25, -0.2) is 0 Å². The quantitative estimate of drug-likeness (QED) is 0.0666. The molecule has 0 spiro atoms. The summed E-state index contributed by atoms with van der Waals surface area (Å²) in [5.41, 5.74) is 0. The topological polar surface area (TPSA) is 65.0 Å². The molecular weight excluding hydrogens is 466 g/mol. The summed E-state index contributed by atoms with van der Waals surface area (Å²) in [6.45, 7) is 7.26. The molecule has 0 heterocycles. The number of aliphatic hydroxyl groups excluding tert-OH is 1. The average molecular weight is 531 g/mol. The maximum Gasteiger partial charge on any atom is 0.305 e. The Morgan fingerprint density at radius 3 is 1.86 bits per heavy atom. The Balaban J connectivity index is 3.74. The van der Waals surface area contributed by atoms with Crippen LogP contribution in [0.1, 0.15) is 129 Å². The van der Waals surface area contributed by atoms with Gasteiger partial charge in [-0.3, -0.25) is 4.79 Å². The van der Waals surface area contributed by atoms with Gasteiger partial charge in [0.2, 0.25) is 0 Å². The fraction of sp³-hybridized carbons (Fsp3) is 0.968.